The van der Waals surface area contributed by atoms with E-state index in [0.29, 0.717) is 11.7 Å². The maximum atomic E-state index is 12.2. The quantitative estimate of drug-likeness (QED) is 0.723. The van der Waals surface area contributed by atoms with Gasteiger partial charge in [0.2, 0.25) is 0 Å². The van der Waals surface area contributed by atoms with Gasteiger partial charge in [-0.1, -0.05) is 37.3 Å². The van der Waals surface area contributed by atoms with Gasteiger partial charge in [0.1, 0.15) is 0 Å². The van der Waals surface area contributed by atoms with Crippen LogP contribution in [-0.2, 0) is 0 Å². The highest BCUT2D eigenvalue weighted by atomic mass is 32.2. The number of carbonyl (C=O) groups excluding carboxylic acids is 1. The van der Waals surface area contributed by atoms with Gasteiger partial charge >= 0.3 is 6.03 Å². The van der Waals surface area contributed by atoms with Crippen LogP contribution in [0.15, 0.2) is 30.3 Å². The SMILES string of the molecule is CCSC1CCC(NC(=O)N[C@H](CCO)c2ccccc2)C1. The molecule has 1 aromatic rings. The monoisotopic (exact) mass is 322 g/mol. The van der Waals surface area contributed by atoms with Crippen molar-refractivity contribution in [3.63, 3.8) is 0 Å². The molecule has 3 atom stereocenters. The Labute approximate surface area is 137 Å². The van der Waals surface area contributed by atoms with Crippen molar-refractivity contribution in [1.82, 2.24) is 10.6 Å². The molecule has 0 saturated heterocycles. The minimum absolute atomic E-state index is 0.0541. The molecule has 4 nitrogen and oxygen atoms in total. The van der Waals surface area contributed by atoms with Crippen LogP contribution in [0.3, 0.4) is 0 Å². The number of amides is 2. The Hall–Kier alpha value is -1.20. The van der Waals surface area contributed by atoms with E-state index in [1.807, 2.05) is 42.1 Å². The topological polar surface area (TPSA) is 61.4 Å². The van der Waals surface area contributed by atoms with Gasteiger partial charge < -0.3 is 15.7 Å². The van der Waals surface area contributed by atoms with Crippen molar-refractivity contribution in [2.45, 2.75) is 49.9 Å². The molecular weight excluding hydrogens is 296 g/mol. The van der Waals surface area contributed by atoms with Crippen LogP contribution in [0.2, 0.25) is 0 Å². The fourth-order valence-electron chi connectivity index (χ4n) is 2.98. The molecule has 0 aliphatic heterocycles. The smallest absolute Gasteiger partial charge is 0.315 e. The average Bonchev–Trinajstić information content (AvgIpc) is 2.95. The molecule has 5 heteroatoms. The minimum Gasteiger partial charge on any atom is -0.396 e. The van der Waals surface area contributed by atoms with E-state index in [0.717, 1.165) is 24.2 Å². The zero-order chi connectivity index (χ0) is 15.8. The van der Waals surface area contributed by atoms with Gasteiger partial charge in [0.25, 0.3) is 0 Å². The zero-order valence-corrected chi connectivity index (χ0v) is 13.9. The molecule has 1 aliphatic rings. The maximum Gasteiger partial charge on any atom is 0.315 e. The summed E-state index contributed by atoms with van der Waals surface area (Å²) in [5, 5.41) is 16.0. The number of benzene rings is 1. The normalized spacial score (nSPS) is 22.3. The van der Waals surface area contributed by atoms with Crippen molar-refractivity contribution in [1.29, 1.82) is 0 Å². The molecule has 2 rings (SSSR count). The van der Waals surface area contributed by atoms with Gasteiger partial charge in [0.05, 0.1) is 6.04 Å². The first-order chi connectivity index (χ1) is 10.7. The molecule has 0 bridgehead atoms. The van der Waals surface area contributed by atoms with E-state index in [2.05, 4.69) is 17.6 Å². The average molecular weight is 322 g/mol. The molecule has 0 aromatic heterocycles. The molecule has 1 aromatic carbocycles. The van der Waals surface area contributed by atoms with Crippen LogP contribution in [0.4, 0.5) is 4.79 Å². The predicted molar refractivity (Wildman–Crippen MR) is 92.1 cm³/mol. The number of aliphatic hydroxyl groups is 1. The Bertz CT molecular complexity index is 455. The molecule has 2 amide bonds. The van der Waals surface area contributed by atoms with Crippen LogP contribution in [0.5, 0.6) is 0 Å². The number of hydrogen-bond donors (Lipinski definition) is 3. The Kier molecular flexibility index (Phi) is 7.06. The fraction of sp³-hybridized carbons (Fsp3) is 0.588. The van der Waals surface area contributed by atoms with E-state index in [4.69, 9.17) is 0 Å². The molecule has 0 spiro atoms. The van der Waals surface area contributed by atoms with Gasteiger partial charge in [-0.15, -0.1) is 0 Å². The van der Waals surface area contributed by atoms with Gasteiger partial charge in [-0.2, -0.15) is 11.8 Å². The minimum atomic E-state index is -0.145. The summed E-state index contributed by atoms with van der Waals surface area (Å²) in [4.78, 5) is 12.2. The number of hydrogen-bond acceptors (Lipinski definition) is 3. The summed E-state index contributed by atoms with van der Waals surface area (Å²) in [6, 6.07) is 9.79. The lowest BCUT2D eigenvalue weighted by Gasteiger charge is -2.21. The second-order valence-electron chi connectivity index (χ2n) is 5.68. The number of carbonyl (C=O) groups is 1. The molecule has 3 N–H and O–H groups in total. The number of aliphatic hydroxyl groups excluding tert-OH is 1. The summed E-state index contributed by atoms with van der Waals surface area (Å²) < 4.78 is 0. The molecule has 0 heterocycles. The zero-order valence-electron chi connectivity index (χ0n) is 13.1. The van der Waals surface area contributed by atoms with E-state index < -0.39 is 0 Å². The van der Waals surface area contributed by atoms with Gasteiger partial charge in [-0.25, -0.2) is 4.79 Å². The largest absolute Gasteiger partial charge is 0.396 e. The second kappa shape index (κ2) is 9.06. The van der Waals surface area contributed by atoms with Crippen LogP contribution >= 0.6 is 11.8 Å². The number of urea groups is 1. The van der Waals surface area contributed by atoms with Gasteiger partial charge in [-0.3, -0.25) is 0 Å². The van der Waals surface area contributed by atoms with E-state index in [-0.39, 0.29) is 24.7 Å². The van der Waals surface area contributed by atoms with E-state index >= 15 is 0 Å². The van der Waals surface area contributed by atoms with Crippen molar-refractivity contribution >= 4 is 17.8 Å². The summed E-state index contributed by atoms with van der Waals surface area (Å²) in [6.07, 6.45) is 3.82. The summed E-state index contributed by atoms with van der Waals surface area (Å²) >= 11 is 1.98. The van der Waals surface area contributed by atoms with E-state index in [9.17, 15) is 9.90 Å². The molecule has 2 unspecified atom stereocenters. The highest BCUT2D eigenvalue weighted by molar-refractivity contribution is 7.99. The summed E-state index contributed by atoms with van der Waals surface area (Å²) in [6.45, 7) is 2.23. The molecule has 1 saturated carbocycles. The third-order valence-electron chi connectivity index (χ3n) is 4.05. The number of thioether (sulfide) groups is 1. The lowest BCUT2D eigenvalue weighted by Crippen LogP contribution is -2.42. The molecule has 0 radical (unpaired) electrons. The van der Waals surface area contributed by atoms with Crippen molar-refractivity contribution in [3.05, 3.63) is 35.9 Å². The van der Waals surface area contributed by atoms with Crippen LogP contribution in [-0.4, -0.2) is 34.8 Å². The number of rotatable bonds is 7. The second-order valence-corrected chi connectivity index (χ2v) is 7.26. The number of nitrogens with one attached hydrogen (secondary N) is 2. The Morgan fingerprint density at radius 3 is 2.82 bits per heavy atom. The highest BCUT2D eigenvalue weighted by Gasteiger charge is 2.26. The Morgan fingerprint density at radius 2 is 2.14 bits per heavy atom. The van der Waals surface area contributed by atoms with Gasteiger partial charge in [-0.05, 0) is 37.0 Å². The Balaban J connectivity index is 1.84. The van der Waals surface area contributed by atoms with E-state index in [1.54, 1.807) is 0 Å². The van der Waals surface area contributed by atoms with Crippen molar-refractivity contribution in [2.75, 3.05) is 12.4 Å². The van der Waals surface area contributed by atoms with Gasteiger partial charge in [0.15, 0.2) is 0 Å². The maximum absolute atomic E-state index is 12.2. The first-order valence-corrected chi connectivity index (χ1v) is 9.12. The van der Waals surface area contributed by atoms with Crippen molar-refractivity contribution < 1.29 is 9.90 Å². The fourth-order valence-corrected chi connectivity index (χ4v) is 4.12. The van der Waals surface area contributed by atoms with Crippen molar-refractivity contribution in [3.8, 4) is 0 Å². The molecule has 1 aliphatic carbocycles. The third kappa shape index (κ3) is 5.21. The summed E-state index contributed by atoms with van der Waals surface area (Å²) in [5.74, 6) is 1.14. The highest BCUT2D eigenvalue weighted by Crippen LogP contribution is 2.29. The predicted octanol–water partition coefficient (Wildman–Crippen LogP) is 3.08. The molecule has 22 heavy (non-hydrogen) atoms. The summed E-state index contributed by atoms with van der Waals surface area (Å²) in [7, 11) is 0. The first kappa shape index (κ1) is 17.2. The third-order valence-corrected chi connectivity index (χ3v) is 5.28. The van der Waals surface area contributed by atoms with Crippen molar-refractivity contribution in [2.24, 2.45) is 0 Å². The van der Waals surface area contributed by atoms with Crippen LogP contribution < -0.4 is 10.6 Å². The molecule has 122 valence electrons. The summed E-state index contributed by atoms with van der Waals surface area (Å²) in [5.41, 5.74) is 1.03. The first-order valence-electron chi connectivity index (χ1n) is 8.07. The van der Waals surface area contributed by atoms with Crippen LogP contribution in [0.1, 0.15) is 44.2 Å². The van der Waals surface area contributed by atoms with Gasteiger partial charge in [0, 0.05) is 17.9 Å². The molecule has 1 fully saturated rings. The van der Waals surface area contributed by atoms with Crippen LogP contribution in [0, 0.1) is 0 Å². The Morgan fingerprint density at radius 1 is 1.36 bits per heavy atom. The molecular formula is C17H26N2O2S. The van der Waals surface area contributed by atoms with Crippen LogP contribution in [0.25, 0.3) is 0 Å². The van der Waals surface area contributed by atoms with E-state index in [1.165, 1.54) is 6.42 Å². The standard InChI is InChI=1S/C17H26N2O2S/c1-2-22-15-9-8-14(12-15)18-17(21)19-16(10-11-20)13-6-4-3-5-7-13/h3-7,14-16,20H,2,8-12H2,1H3,(H2,18,19,21)/t14?,15?,16-/m1/s1. The lowest BCUT2D eigenvalue weighted by molar-refractivity contribution is 0.226. The lowest BCUT2D eigenvalue weighted by atomic mass is 10.0.